The van der Waals surface area contributed by atoms with E-state index in [4.69, 9.17) is 23.9 Å². The molecule has 2 bridgehead atoms. The van der Waals surface area contributed by atoms with Crippen molar-refractivity contribution in [3.63, 3.8) is 0 Å². The molecule has 2 saturated heterocycles. The van der Waals surface area contributed by atoms with Gasteiger partial charge < -0.3 is 28.7 Å². The minimum Gasteiger partial charge on any atom is -0.493 e. The standard InChI is InChI=1S/C27H34N4O6/c1-25(2)26(3)8-9-27(25,37-23(26)33)22(32)30-11-13-31(14-12-30)24-28-10-7-18(29-24)17-15-19(34-4)21(36-6)20(16-17)35-5/h7,10,15-16H,8-9,11-14H2,1-6H3/t26-,27+/m0/s1. The zero-order chi connectivity index (χ0) is 26.6. The lowest BCUT2D eigenvalue weighted by molar-refractivity contribution is -0.174. The lowest BCUT2D eigenvalue weighted by atomic mass is 9.66. The number of carbonyl (C=O) groups excluding carboxylic acids is 2. The third-order valence-electron chi connectivity index (χ3n) is 8.88. The molecule has 1 saturated carbocycles. The fourth-order valence-corrected chi connectivity index (χ4v) is 5.98. The van der Waals surface area contributed by atoms with Gasteiger partial charge >= 0.3 is 5.97 Å². The first-order valence-electron chi connectivity index (χ1n) is 12.5. The molecular weight excluding hydrogens is 476 g/mol. The van der Waals surface area contributed by atoms with Gasteiger partial charge in [0.05, 0.1) is 32.4 Å². The number of hydrogen-bond donors (Lipinski definition) is 0. The molecule has 10 heteroatoms. The van der Waals surface area contributed by atoms with Crippen LogP contribution in [0.25, 0.3) is 11.3 Å². The molecule has 2 aromatic rings. The predicted molar refractivity (Wildman–Crippen MR) is 136 cm³/mol. The Balaban J connectivity index is 1.33. The summed E-state index contributed by atoms with van der Waals surface area (Å²) < 4.78 is 22.2. The van der Waals surface area contributed by atoms with Crippen molar-refractivity contribution in [2.45, 2.75) is 39.2 Å². The summed E-state index contributed by atoms with van der Waals surface area (Å²) in [6, 6.07) is 5.53. The second-order valence-electron chi connectivity index (χ2n) is 10.6. The van der Waals surface area contributed by atoms with E-state index in [1.807, 2.05) is 43.9 Å². The van der Waals surface area contributed by atoms with Crippen molar-refractivity contribution in [2.24, 2.45) is 10.8 Å². The lowest BCUT2D eigenvalue weighted by Gasteiger charge is -2.42. The Morgan fingerprint density at radius 2 is 1.62 bits per heavy atom. The summed E-state index contributed by atoms with van der Waals surface area (Å²) in [6.45, 7) is 8.06. The molecule has 37 heavy (non-hydrogen) atoms. The number of amides is 1. The highest BCUT2D eigenvalue weighted by atomic mass is 16.6. The molecule has 0 spiro atoms. The van der Waals surface area contributed by atoms with Gasteiger partial charge in [0.15, 0.2) is 17.1 Å². The Morgan fingerprint density at radius 3 is 2.14 bits per heavy atom. The van der Waals surface area contributed by atoms with E-state index in [1.54, 1.807) is 27.5 Å². The number of methoxy groups -OCH3 is 3. The largest absolute Gasteiger partial charge is 0.493 e. The summed E-state index contributed by atoms with van der Waals surface area (Å²) in [5.74, 6) is 1.84. The van der Waals surface area contributed by atoms with Gasteiger partial charge in [0.2, 0.25) is 11.7 Å². The third kappa shape index (κ3) is 3.52. The summed E-state index contributed by atoms with van der Waals surface area (Å²) in [5.41, 5.74) is -0.731. The first-order valence-corrected chi connectivity index (χ1v) is 12.5. The zero-order valence-electron chi connectivity index (χ0n) is 22.3. The van der Waals surface area contributed by atoms with Crippen molar-refractivity contribution < 1.29 is 28.5 Å². The average Bonchev–Trinajstić information content (AvgIpc) is 3.22. The molecule has 1 aromatic heterocycles. The van der Waals surface area contributed by atoms with Crippen LogP contribution < -0.4 is 19.1 Å². The van der Waals surface area contributed by atoms with Crippen LogP contribution in [0, 0.1) is 10.8 Å². The molecule has 0 N–H and O–H groups in total. The third-order valence-corrected chi connectivity index (χ3v) is 8.88. The molecule has 5 rings (SSSR count). The quantitative estimate of drug-likeness (QED) is 0.543. The number of anilines is 1. The zero-order valence-corrected chi connectivity index (χ0v) is 22.3. The number of hydrogen-bond acceptors (Lipinski definition) is 9. The van der Waals surface area contributed by atoms with Crippen molar-refractivity contribution in [1.29, 1.82) is 0 Å². The van der Waals surface area contributed by atoms with Gasteiger partial charge in [-0.05, 0) is 38.0 Å². The van der Waals surface area contributed by atoms with E-state index in [1.165, 1.54) is 0 Å². The van der Waals surface area contributed by atoms with Gasteiger partial charge in [-0.3, -0.25) is 9.59 Å². The van der Waals surface area contributed by atoms with Crippen LogP contribution in [0.5, 0.6) is 17.2 Å². The molecule has 0 radical (unpaired) electrons. The molecular formula is C27H34N4O6. The van der Waals surface area contributed by atoms with Crippen molar-refractivity contribution >= 4 is 17.8 Å². The smallest absolute Gasteiger partial charge is 0.313 e. The van der Waals surface area contributed by atoms with Crippen LogP contribution in [-0.2, 0) is 14.3 Å². The number of fused-ring (bicyclic) bond motifs is 2. The number of benzene rings is 1. The summed E-state index contributed by atoms with van der Waals surface area (Å²) in [7, 11) is 4.72. The summed E-state index contributed by atoms with van der Waals surface area (Å²) in [5, 5.41) is 0. The van der Waals surface area contributed by atoms with E-state index in [0.29, 0.717) is 67.9 Å². The minimum absolute atomic E-state index is 0.0844. The number of carbonyl (C=O) groups is 2. The predicted octanol–water partition coefficient (Wildman–Crippen LogP) is 2.94. The molecule has 198 valence electrons. The first kappa shape index (κ1) is 25.1. The van der Waals surface area contributed by atoms with Crippen LogP contribution >= 0.6 is 0 Å². The van der Waals surface area contributed by atoms with E-state index in [2.05, 4.69) is 9.88 Å². The van der Waals surface area contributed by atoms with Crippen LogP contribution in [0.2, 0.25) is 0 Å². The second kappa shape index (κ2) is 8.78. The molecule has 3 heterocycles. The van der Waals surface area contributed by atoms with Gasteiger partial charge in [-0.2, -0.15) is 0 Å². The van der Waals surface area contributed by atoms with Crippen LogP contribution in [0.3, 0.4) is 0 Å². The molecule has 1 aliphatic carbocycles. The highest BCUT2D eigenvalue weighted by molar-refractivity contribution is 5.96. The number of aromatic nitrogens is 2. The number of nitrogens with zero attached hydrogens (tertiary/aromatic N) is 4. The van der Waals surface area contributed by atoms with E-state index in [-0.39, 0.29) is 11.9 Å². The molecule has 1 aromatic carbocycles. The van der Waals surface area contributed by atoms with Crippen molar-refractivity contribution in [1.82, 2.24) is 14.9 Å². The molecule has 2 atom stereocenters. The maximum absolute atomic E-state index is 13.7. The number of piperazine rings is 1. The van der Waals surface area contributed by atoms with E-state index < -0.39 is 16.4 Å². The van der Waals surface area contributed by atoms with Crippen LogP contribution in [-0.4, -0.2) is 79.9 Å². The van der Waals surface area contributed by atoms with E-state index >= 15 is 0 Å². The van der Waals surface area contributed by atoms with Gasteiger partial charge in [-0.25, -0.2) is 9.97 Å². The Kier molecular flexibility index (Phi) is 5.96. The highest BCUT2D eigenvalue weighted by Gasteiger charge is 2.76. The second-order valence-corrected chi connectivity index (χ2v) is 10.6. The molecule has 2 aliphatic heterocycles. The van der Waals surface area contributed by atoms with Crippen molar-refractivity contribution in [2.75, 3.05) is 52.4 Å². The molecule has 0 unspecified atom stereocenters. The fraction of sp³-hybridized carbons (Fsp3) is 0.556. The van der Waals surface area contributed by atoms with Gasteiger partial charge in [0, 0.05) is 43.4 Å². The summed E-state index contributed by atoms with van der Waals surface area (Å²) >= 11 is 0. The Morgan fingerprint density at radius 1 is 0.973 bits per heavy atom. The number of ether oxygens (including phenoxy) is 4. The molecule has 10 nitrogen and oxygen atoms in total. The van der Waals surface area contributed by atoms with Crippen molar-refractivity contribution in [3.8, 4) is 28.5 Å². The Hall–Kier alpha value is -3.56. The molecule has 3 fully saturated rings. The first-order chi connectivity index (χ1) is 17.6. The normalized spacial score (nSPS) is 26.2. The monoisotopic (exact) mass is 510 g/mol. The SMILES string of the molecule is COc1cc(-c2ccnc(N3CCN(C(=O)[C@@]45CC[C@@](C)(C(=O)O4)C5(C)C)CC3)n2)cc(OC)c1OC. The molecule has 3 aliphatic rings. The summed E-state index contributed by atoms with van der Waals surface area (Å²) in [4.78, 5) is 39.5. The maximum Gasteiger partial charge on any atom is 0.313 e. The van der Waals surface area contributed by atoms with Gasteiger partial charge in [0.25, 0.3) is 5.91 Å². The van der Waals surface area contributed by atoms with Crippen LogP contribution in [0.4, 0.5) is 5.95 Å². The number of rotatable bonds is 6. The minimum atomic E-state index is -1.08. The fourth-order valence-electron chi connectivity index (χ4n) is 5.98. The van der Waals surface area contributed by atoms with Gasteiger partial charge in [0.1, 0.15) is 0 Å². The highest BCUT2D eigenvalue weighted by Crippen LogP contribution is 2.66. The number of esters is 1. The van der Waals surface area contributed by atoms with Crippen LogP contribution in [0.15, 0.2) is 24.4 Å². The lowest BCUT2D eigenvalue weighted by Crippen LogP contribution is -2.59. The molecule has 1 amide bonds. The van der Waals surface area contributed by atoms with E-state index in [9.17, 15) is 9.59 Å². The van der Waals surface area contributed by atoms with E-state index in [0.717, 1.165) is 5.56 Å². The average molecular weight is 511 g/mol. The topological polar surface area (TPSA) is 103 Å². The Bertz CT molecular complexity index is 1220. The van der Waals surface area contributed by atoms with Crippen molar-refractivity contribution in [3.05, 3.63) is 24.4 Å². The van der Waals surface area contributed by atoms with Crippen LogP contribution in [0.1, 0.15) is 33.6 Å². The Labute approximate surface area is 216 Å². The maximum atomic E-state index is 13.7. The van der Waals surface area contributed by atoms with Gasteiger partial charge in [-0.1, -0.05) is 13.8 Å². The summed E-state index contributed by atoms with van der Waals surface area (Å²) in [6.07, 6.45) is 2.96. The van der Waals surface area contributed by atoms with Gasteiger partial charge in [-0.15, -0.1) is 0 Å².